The highest BCUT2D eigenvalue weighted by molar-refractivity contribution is 5.37. The van der Waals surface area contributed by atoms with Crippen LogP contribution in [0.5, 0.6) is 0 Å². The lowest BCUT2D eigenvalue weighted by atomic mass is 10.4. The molecule has 0 saturated heterocycles. The van der Waals surface area contributed by atoms with Crippen LogP contribution in [-0.2, 0) is 0 Å². The highest BCUT2D eigenvalue weighted by atomic mass is 16.2. The molecule has 0 atom stereocenters. The molecular weight excluding hydrogens is 158 g/mol. The maximum atomic E-state index is 11.0. The second-order valence-corrected chi connectivity index (χ2v) is 2.78. The van der Waals surface area contributed by atoms with Crippen LogP contribution in [0.1, 0.15) is 13.8 Å². The standard InChI is InChI=1S/C7H11N3O2/c1-4(2)9-5-3-8-7(12)10-6(5)11/h3-4,9H,1-2H3,(H2,8,10,11,12). The van der Waals surface area contributed by atoms with Crippen molar-refractivity contribution in [1.82, 2.24) is 9.97 Å². The Bertz CT molecular complexity index is 363. The zero-order valence-electron chi connectivity index (χ0n) is 6.97. The molecule has 66 valence electrons. The van der Waals surface area contributed by atoms with Crippen molar-refractivity contribution in [3.8, 4) is 0 Å². The summed E-state index contributed by atoms with van der Waals surface area (Å²) < 4.78 is 0. The topological polar surface area (TPSA) is 77.8 Å². The zero-order valence-corrected chi connectivity index (χ0v) is 6.97. The molecule has 1 heterocycles. The summed E-state index contributed by atoms with van der Waals surface area (Å²) in [5.41, 5.74) is -0.508. The van der Waals surface area contributed by atoms with Gasteiger partial charge in [-0.2, -0.15) is 0 Å². The number of rotatable bonds is 2. The number of aromatic nitrogens is 2. The maximum Gasteiger partial charge on any atom is 0.325 e. The first-order valence-electron chi connectivity index (χ1n) is 3.68. The van der Waals surface area contributed by atoms with E-state index in [2.05, 4.69) is 15.3 Å². The van der Waals surface area contributed by atoms with E-state index in [0.717, 1.165) is 0 Å². The molecule has 0 saturated carbocycles. The molecule has 0 spiro atoms. The van der Waals surface area contributed by atoms with Crippen LogP contribution in [0.25, 0.3) is 0 Å². The van der Waals surface area contributed by atoms with Crippen LogP contribution >= 0.6 is 0 Å². The Hall–Kier alpha value is -1.52. The molecule has 1 aromatic heterocycles. The number of hydrogen-bond acceptors (Lipinski definition) is 3. The van der Waals surface area contributed by atoms with Crippen LogP contribution in [0.15, 0.2) is 15.8 Å². The Morgan fingerprint density at radius 1 is 1.42 bits per heavy atom. The molecule has 5 nitrogen and oxygen atoms in total. The molecule has 0 radical (unpaired) electrons. The Balaban J connectivity index is 3.02. The lowest BCUT2D eigenvalue weighted by Gasteiger charge is -2.06. The number of hydrogen-bond donors (Lipinski definition) is 3. The zero-order chi connectivity index (χ0) is 9.14. The van der Waals surface area contributed by atoms with Gasteiger partial charge in [0.15, 0.2) is 0 Å². The fourth-order valence-electron chi connectivity index (χ4n) is 0.828. The Morgan fingerprint density at radius 3 is 2.58 bits per heavy atom. The van der Waals surface area contributed by atoms with Gasteiger partial charge >= 0.3 is 5.69 Å². The van der Waals surface area contributed by atoms with Gasteiger partial charge < -0.3 is 10.3 Å². The maximum absolute atomic E-state index is 11.0. The average molecular weight is 169 g/mol. The minimum Gasteiger partial charge on any atom is -0.377 e. The first-order chi connectivity index (χ1) is 5.59. The van der Waals surface area contributed by atoms with Gasteiger partial charge in [0.25, 0.3) is 5.56 Å². The molecule has 0 aromatic carbocycles. The summed E-state index contributed by atoms with van der Waals surface area (Å²) in [6.07, 6.45) is 1.36. The summed E-state index contributed by atoms with van der Waals surface area (Å²) in [6.45, 7) is 3.81. The SMILES string of the molecule is CC(C)Nc1c[nH]c(=O)[nH]c1=O. The first kappa shape index (κ1) is 8.58. The van der Waals surface area contributed by atoms with E-state index in [9.17, 15) is 9.59 Å². The van der Waals surface area contributed by atoms with E-state index >= 15 is 0 Å². The summed E-state index contributed by atoms with van der Waals surface area (Å²) in [5.74, 6) is 0. The number of anilines is 1. The van der Waals surface area contributed by atoms with E-state index in [-0.39, 0.29) is 6.04 Å². The van der Waals surface area contributed by atoms with Crippen LogP contribution in [0.3, 0.4) is 0 Å². The minimum atomic E-state index is -0.491. The normalized spacial score (nSPS) is 10.2. The molecular formula is C7H11N3O2. The molecule has 0 aliphatic carbocycles. The first-order valence-corrected chi connectivity index (χ1v) is 3.68. The van der Waals surface area contributed by atoms with Gasteiger partial charge in [-0.1, -0.05) is 0 Å². The number of nitrogens with one attached hydrogen (secondary N) is 3. The van der Waals surface area contributed by atoms with Crippen molar-refractivity contribution in [1.29, 1.82) is 0 Å². The molecule has 0 bridgehead atoms. The summed E-state index contributed by atoms with van der Waals surface area (Å²) in [4.78, 5) is 26.1. The number of H-pyrrole nitrogens is 2. The molecule has 1 rings (SSSR count). The molecule has 0 aliphatic heterocycles. The predicted octanol–water partition coefficient (Wildman–Crippen LogP) is -0.117. The smallest absolute Gasteiger partial charge is 0.325 e. The summed E-state index contributed by atoms with van der Waals surface area (Å²) in [5, 5.41) is 2.89. The largest absolute Gasteiger partial charge is 0.377 e. The molecule has 12 heavy (non-hydrogen) atoms. The lowest BCUT2D eigenvalue weighted by molar-refractivity contribution is 0.885. The molecule has 5 heteroatoms. The van der Waals surface area contributed by atoms with Gasteiger partial charge in [0, 0.05) is 12.2 Å². The van der Waals surface area contributed by atoms with Crippen molar-refractivity contribution >= 4 is 5.69 Å². The van der Waals surface area contributed by atoms with E-state index in [0.29, 0.717) is 5.69 Å². The average Bonchev–Trinajstić information content (AvgIpc) is 1.94. The molecule has 3 N–H and O–H groups in total. The fourth-order valence-corrected chi connectivity index (χ4v) is 0.828. The van der Waals surface area contributed by atoms with E-state index in [1.54, 1.807) is 0 Å². The van der Waals surface area contributed by atoms with Crippen molar-refractivity contribution in [3.05, 3.63) is 27.0 Å². The quantitative estimate of drug-likeness (QED) is 0.577. The third-order valence-corrected chi connectivity index (χ3v) is 1.26. The van der Waals surface area contributed by atoms with Crippen LogP contribution in [0.2, 0.25) is 0 Å². The van der Waals surface area contributed by atoms with E-state index in [1.165, 1.54) is 6.20 Å². The molecule has 0 amide bonds. The Morgan fingerprint density at radius 2 is 2.08 bits per heavy atom. The van der Waals surface area contributed by atoms with Gasteiger partial charge in [0.05, 0.1) is 0 Å². The molecule has 1 aromatic rings. The van der Waals surface area contributed by atoms with Gasteiger partial charge in [0.2, 0.25) is 0 Å². The highest BCUT2D eigenvalue weighted by Gasteiger charge is 1.99. The Kier molecular flexibility index (Phi) is 2.32. The molecule has 0 aliphatic rings. The highest BCUT2D eigenvalue weighted by Crippen LogP contribution is 1.94. The molecule has 0 unspecified atom stereocenters. The van der Waals surface area contributed by atoms with E-state index < -0.39 is 11.2 Å². The third kappa shape index (κ3) is 1.98. The summed E-state index contributed by atoms with van der Waals surface area (Å²) in [6, 6.07) is 0.164. The van der Waals surface area contributed by atoms with Crippen molar-refractivity contribution in [3.63, 3.8) is 0 Å². The molecule has 0 fully saturated rings. The van der Waals surface area contributed by atoms with Crippen molar-refractivity contribution in [2.45, 2.75) is 19.9 Å². The lowest BCUT2D eigenvalue weighted by Crippen LogP contribution is -2.26. The van der Waals surface area contributed by atoms with Crippen molar-refractivity contribution < 1.29 is 0 Å². The second-order valence-electron chi connectivity index (χ2n) is 2.78. The predicted molar refractivity (Wildman–Crippen MR) is 46.4 cm³/mol. The monoisotopic (exact) mass is 169 g/mol. The van der Waals surface area contributed by atoms with Crippen molar-refractivity contribution in [2.24, 2.45) is 0 Å². The second kappa shape index (κ2) is 3.25. The van der Waals surface area contributed by atoms with Crippen molar-refractivity contribution in [2.75, 3.05) is 5.32 Å². The van der Waals surface area contributed by atoms with E-state index in [1.807, 2.05) is 13.8 Å². The number of aromatic amines is 2. The van der Waals surface area contributed by atoms with Crippen LogP contribution in [-0.4, -0.2) is 16.0 Å². The van der Waals surface area contributed by atoms with Crippen LogP contribution < -0.4 is 16.6 Å². The van der Waals surface area contributed by atoms with Gasteiger partial charge in [-0.3, -0.25) is 9.78 Å². The van der Waals surface area contributed by atoms with Crippen LogP contribution in [0, 0.1) is 0 Å². The Labute approximate surface area is 68.8 Å². The van der Waals surface area contributed by atoms with Gasteiger partial charge in [-0.25, -0.2) is 4.79 Å². The summed E-state index contributed by atoms with van der Waals surface area (Å²) in [7, 11) is 0. The van der Waals surface area contributed by atoms with Gasteiger partial charge in [-0.15, -0.1) is 0 Å². The van der Waals surface area contributed by atoms with E-state index in [4.69, 9.17) is 0 Å². The van der Waals surface area contributed by atoms with Gasteiger partial charge in [-0.05, 0) is 13.8 Å². The summed E-state index contributed by atoms with van der Waals surface area (Å²) >= 11 is 0. The minimum absolute atomic E-state index is 0.164. The van der Waals surface area contributed by atoms with Crippen LogP contribution in [0.4, 0.5) is 5.69 Å². The fraction of sp³-hybridized carbons (Fsp3) is 0.429. The third-order valence-electron chi connectivity index (χ3n) is 1.26. The van der Waals surface area contributed by atoms with Gasteiger partial charge in [0.1, 0.15) is 5.69 Å².